The van der Waals surface area contributed by atoms with Crippen LogP contribution in [0.2, 0.25) is 0 Å². The van der Waals surface area contributed by atoms with Crippen LogP contribution in [-0.2, 0) is 27.3 Å². The smallest absolute Gasteiger partial charge is 0.311 e. The molecule has 0 radical (unpaired) electrons. The van der Waals surface area contributed by atoms with E-state index in [0.29, 0.717) is 19.7 Å². The minimum atomic E-state index is -0.352. The molecular formula is C20H22N2O3. The topological polar surface area (TPSA) is 59.5 Å². The van der Waals surface area contributed by atoms with Crippen molar-refractivity contribution in [2.75, 3.05) is 13.2 Å². The molecule has 130 valence electrons. The largest absolute Gasteiger partial charge is 0.465 e. The Morgan fingerprint density at radius 1 is 1.16 bits per heavy atom. The van der Waals surface area contributed by atoms with Gasteiger partial charge in [-0.1, -0.05) is 36.4 Å². The van der Waals surface area contributed by atoms with Crippen LogP contribution in [0.15, 0.2) is 54.9 Å². The monoisotopic (exact) mass is 338 g/mol. The molecule has 1 aliphatic rings. The molecule has 0 N–H and O–H groups in total. The zero-order chi connectivity index (χ0) is 17.5. The molecule has 1 aliphatic heterocycles. The lowest BCUT2D eigenvalue weighted by atomic mass is 10.1. The fourth-order valence-corrected chi connectivity index (χ4v) is 3.00. The van der Waals surface area contributed by atoms with Crippen molar-refractivity contribution in [2.24, 2.45) is 5.92 Å². The minimum Gasteiger partial charge on any atom is -0.465 e. The van der Waals surface area contributed by atoms with Crippen molar-refractivity contribution in [1.82, 2.24) is 9.88 Å². The van der Waals surface area contributed by atoms with Crippen LogP contribution in [0.1, 0.15) is 24.0 Å². The number of hydrogen-bond acceptors (Lipinski definition) is 4. The van der Waals surface area contributed by atoms with E-state index in [9.17, 15) is 9.59 Å². The van der Waals surface area contributed by atoms with Gasteiger partial charge in [-0.3, -0.25) is 14.6 Å². The zero-order valence-electron chi connectivity index (χ0n) is 14.1. The number of rotatable bonds is 7. The Labute approximate surface area is 147 Å². The van der Waals surface area contributed by atoms with Gasteiger partial charge < -0.3 is 9.64 Å². The van der Waals surface area contributed by atoms with E-state index < -0.39 is 0 Å². The van der Waals surface area contributed by atoms with Gasteiger partial charge in [0.2, 0.25) is 5.91 Å². The first kappa shape index (κ1) is 17.1. The van der Waals surface area contributed by atoms with Gasteiger partial charge in [0.15, 0.2) is 0 Å². The van der Waals surface area contributed by atoms with E-state index in [1.807, 2.05) is 48.7 Å². The Morgan fingerprint density at radius 2 is 1.96 bits per heavy atom. The molecule has 2 heterocycles. The van der Waals surface area contributed by atoms with E-state index in [-0.39, 0.29) is 24.2 Å². The lowest BCUT2D eigenvalue weighted by Crippen LogP contribution is -2.26. The summed E-state index contributed by atoms with van der Waals surface area (Å²) in [6.45, 7) is 1.36. The number of hydrogen-bond donors (Lipinski definition) is 0. The van der Waals surface area contributed by atoms with E-state index in [2.05, 4.69) is 4.98 Å². The summed E-state index contributed by atoms with van der Waals surface area (Å²) < 4.78 is 5.36. The van der Waals surface area contributed by atoms with E-state index in [1.165, 1.54) is 0 Å². The van der Waals surface area contributed by atoms with Gasteiger partial charge in [-0.05, 0) is 30.0 Å². The third-order valence-corrected chi connectivity index (χ3v) is 4.34. The highest BCUT2D eigenvalue weighted by Crippen LogP contribution is 2.21. The van der Waals surface area contributed by atoms with Crippen LogP contribution in [0.3, 0.4) is 0 Å². The second kappa shape index (κ2) is 8.42. The summed E-state index contributed by atoms with van der Waals surface area (Å²) in [4.78, 5) is 30.1. The van der Waals surface area contributed by atoms with Crippen molar-refractivity contribution in [3.05, 3.63) is 66.0 Å². The van der Waals surface area contributed by atoms with Crippen LogP contribution in [-0.4, -0.2) is 34.9 Å². The fourth-order valence-electron chi connectivity index (χ4n) is 3.00. The lowest BCUT2D eigenvalue weighted by Gasteiger charge is -2.16. The summed E-state index contributed by atoms with van der Waals surface area (Å²) in [5.74, 6) is -0.606. The molecule has 25 heavy (non-hydrogen) atoms. The quantitative estimate of drug-likeness (QED) is 0.575. The van der Waals surface area contributed by atoms with Crippen LogP contribution in [0.5, 0.6) is 0 Å². The molecule has 1 aromatic heterocycles. The molecule has 0 aliphatic carbocycles. The summed E-state index contributed by atoms with van der Waals surface area (Å²) in [6, 6.07) is 13.7. The summed E-state index contributed by atoms with van der Waals surface area (Å²) >= 11 is 0. The molecule has 1 fully saturated rings. The summed E-state index contributed by atoms with van der Waals surface area (Å²) in [6.07, 6.45) is 5.38. The predicted octanol–water partition coefficient (Wildman–Crippen LogP) is 2.61. The first-order valence-electron chi connectivity index (χ1n) is 8.59. The lowest BCUT2D eigenvalue weighted by molar-refractivity contribution is -0.148. The Bertz CT molecular complexity index is 703. The minimum absolute atomic E-state index is 0.0150. The number of aromatic nitrogens is 1. The highest BCUT2D eigenvalue weighted by molar-refractivity contribution is 5.86. The van der Waals surface area contributed by atoms with Crippen LogP contribution in [0.4, 0.5) is 0 Å². The van der Waals surface area contributed by atoms with Crippen LogP contribution < -0.4 is 0 Å². The third kappa shape index (κ3) is 4.89. The van der Waals surface area contributed by atoms with Crippen molar-refractivity contribution in [3.8, 4) is 0 Å². The standard InChI is InChI=1S/C20H22N2O3/c23-19-12-18(15-22(19)14-17-6-2-1-3-7-17)20(24)25-11-5-9-16-8-4-10-21-13-16/h1-4,6-8,10,13,18H,5,9,11-12,14-15H2. The summed E-state index contributed by atoms with van der Waals surface area (Å²) in [5.41, 5.74) is 2.20. The molecule has 5 nitrogen and oxygen atoms in total. The van der Waals surface area contributed by atoms with Gasteiger partial charge >= 0.3 is 5.97 Å². The number of aryl methyl sites for hydroxylation is 1. The van der Waals surface area contributed by atoms with Gasteiger partial charge in [0.25, 0.3) is 0 Å². The molecule has 1 aromatic carbocycles. The molecule has 1 saturated heterocycles. The molecule has 0 spiro atoms. The summed E-state index contributed by atoms with van der Waals surface area (Å²) in [7, 11) is 0. The average molecular weight is 338 g/mol. The molecule has 5 heteroatoms. The van der Waals surface area contributed by atoms with E-state index in [1.54, 1.807) is 11.1 Å². The second-order valence-electron chi connectivity index (χ2n) is 6.29. The van der Waals surface area contributed by atoms with Crippen molar-refractivity contribution >= 4 is 11.9 Å². The van der Waals surface area contributed by atoms with E-state index >= 15 is 0 Å². The SMILES string of the molecule is O=C(OCCCc1cccnc1)C1CC(=O)N(Cc2ccccc2)C1. The number of carbonyl (C=O) groups is 2. The Kier molecular flexibility index (Phi) is 5.77. The normalized spacial score (nSPS) is 16.9. The number of nitrogens with zero attached hydrogens (tertiary/aromatic N) is 2. The molecule has 1 amide bonds. The highest BCUT2D eigenvalue weighted by atomic mass is 16.5. The van der Waals surface area contributed by atoms with Crippen molar-refractivity contribution in [3.63, 3.8) is 0 Å². The van der Waals surface area contributed by atoms with Gasteiger partial charge in [-0.2, -0.15) is 0 Å². The van der Waals surface area contributed by atoms with Gasteiger partial charge in [0.05, 0.1) is 12.5 Å². The predicted molar refractivity (Wildman–Crippen MR) is 93.5 cm³/mol. The van der Waals surface area contributed by atoms with Gasteiger partial charge in [-0.15, -0.1) is 0 Å². The molecule has 0 bridgehead atoms. The Morgan fingerprint density at radius 3 is 2.72 bits per heavy atom. The first-order chi connectivity index (χ1) is 12.2. The number of ether oxygens (including phenoxy) is 1. The fraction of sp³-hybridized carbons (Fsp3) is 0.350. The van der Waals surface area contributed by atoms with Crippen molar-refractivity contribution in [1.29, 1.82) is 0 Å². The first-order valence-corrected chi connectivity index (χ1v) is 8.59. The van der Waals surface area contributed by atoms with Crippen LogP contribution in [0, 0.1) is 5.92 Å². The van der Waals surface area contributed by atoms with Gasteiger partial charge in [0.1, 0.15) is 0 Å². The number of amides is 1. The molecule has 0 saturated carbocycles. The highest BCUT2D eigenvalue weighted by Gasteiger charge is 2.35. The molecule has 3 rings (SSSR count). The number of likely N-dealkylation sites (tertiary alicyclic amines) is 1. The Balaban J connectivity index is 1.41. The van der Waals surface area contributed by atoms with Crippen molar-refractivity contribution < 1.29 is 14.3 Å². The maximum Gasteiger partial charge on any atom is 0.311 e. The maximum absolute atomic E-state index is 12.2. The zero-order valence-corrected chi connectivity index (χ0v) is 14.1. The number of pyridine rings is 1. The second-order valence-corrected chi connectivity index (χ2v) is 6.29. The van der Waals surface area contributed by atoms with Gasteiger partial charge in [-0.25, -0.2) is 0 Å². The maximum atomic E-state index is 12.2. The number of benzene rings is 1. The molecule has 1 atom stereocenters. The molecule has 2 aromatic rings. The van der Waals surface area contributed by atoms with Crippen molar-refractivity contribution in [2.45, 2.75) is 25.8 Å². The molecular weight excluding hydrogens is 316 g/mol. The van der Waals surface area contributed by atoms with Crippen LogP contribution >= 0.6 is 0 Å². The third-order valence-electron chi connectivity index (χ3n) is 4.34. The van der Waals surface area contributed by atoms with Crippen LogP contribution in [0.25, 0.3) is 0 Å². The van der Waals surface area contributed by atoms with E-state index in [0.717, 1.165) is 24.0 Å². The number of carbonyl (C=O) groups excluding carboxylic acids is 2. The average Bonchev–Trinajstić information content (AvgIpc) is 3.01. The molecule has 1 unspecified atom stereocenters. The van der Waals surface area contributed by atoms with E-state index in [4.69, 9.17) is 4.74 Å². The van der Waals surface area contributed by atoms with Gasteiger partial charge in [0, 0.05) is 31.9 Å². The summed E-state index contributed by atoms with van der Waals surface area (Å²) in [5, 5.41) is 0. The Hall–Kier alpha value is -2.69. The number of esters is 1.